The van der Waals surface area contributed by atoms with E-state index in [-0.39, 0.29) is 5.75 Å². The van der Waals surface area contributed by atoms with E-state index >= 15 is 0 Å². The molecule has 0 saturated heterocycles. The summed E-state index contributed by atoms with van der Waals surface area (Å²) in [6.45, 7) is 0. The SMILES string of the molecule is O=C(O)CS[C@@H]1CCCC[C@H]1Sc1cccc(Br)c1. The monoisotopic (exact) mass is 360 g/mol. The van der Waals surface area contributed by atoms with Crippen LogP contribution in [0.4, 0.5) is 0 Å². The Labute approximate surface area is 130 Å². The van der Waals surface area contributed by atoms with Crippen molar-refractivity contribution >= 4 is 45.4 Å². The molecule has 1 N–H and O–H groups in total. The first kappa shape index (κ1) is 15.3. The Morgan fingerprint density at radius 3 is 2.74 bits per heavy atom. The minimum Gasteiger partial charge on any atom is -0.481 e. The minimum atomic E-state index is -0.707. The molecule has 1 aliphatic carbocycles. The maximum atomic E-state index is 10.7. The molecule has 5 heteroatoms. The molecule has 0 aliphatic heterocycles. The number of benzene rings is 1. The largest absolute Gasteiger partial charge is 0.481 e. The van der Waals surface area contributed by atoms with Crippen LogP contribution in [0.15, 0.2) is 33.6 Å². The molecular weight excluding hydrogens is 344 g/mol. The molecule has 0 bridgehead atoms. The lowest BCUT2D eigenvalue weighted by Crippen LogP contribution is -2.25. The predicted molar refractivity (Wildman–Crippen MR) is 86.1 cm³/mol. The summed E-state index contributed by atoms with van der Waals surface area (Å²) >= 11 is 7.00. The third-order valence-electron chi connectivity index (χ3n) is 3.15. The van der Waals surface area contributed by atoms with Gasteiger partial charge in [0.15, 0.2) is 0 Å². The standard InChI is InChI=1S/C14H17BrO2S2/c15-10-4-3-5-11(8-10)19-13-7-2-1-6-12(13)18-9-14(16)17/h3-5,8,12-13H,1-2,6-7,9H2,(H,16,17)/t12-,13-/m1/s1. The average molecular weight is 361 g/mol. The van der Waals surface area contributed by atoms with E-state index in [0.717, 1.165) is 10.9 Å². The zero-order valence-electron chi connectivity index (χ0n) is 10.5. The summed E-state index contributed by atoms with van der Waals surface area (Å²) in [5, 5.41) is 9.82. The molecule has 1 aliphatic rings. The molecule has 1 fully saturated rings. The molecule has 1 saturated carbocycles. The van der Waals surface area contributed by atoms with Gasteiger partial charge in [0.05, 0.1) is 5.75 Å². The highest BCUT2D eigenvalue weighted by atomic mass is 79.9. The van der Waals surface area contributed by atoms with Crippen molar-refractivity contribution in [3.8, 4) is 0 Å². The Bertz CT molecular complexity index is 439. The van der Waals surface area contributed by atoms with Crippen LogP contribution < -0.4 is 0 Å². The summed E-state index contributed by atoms with van der Waals surface area (Å²) in [4.78, 5) is 12.0. The van der Waals surface area contributed by atoms with Crippen molar-refractivity contribution in [3.05, 3.63) is 28.7 Å². The molecule has 1 aromatic rings. The average Bonchev–Trinajstić information content (AvgIpc) is 2.38. The highest BCUT2D eigenvalue weighted by Crippen LogP contribution is 2.39. The lowest BCUT2D eigenvalue weighted by atomic mass is 10.00. The van der Waals surface area contributed by atoms with Gasteiger partial charge < -0.3 is 5.11 Å². The highest BCUT2D eigenvalue weighted by molar-refractivity contribution is 9.10. The Morgan fingerprint density at radius 1 is 1.32 bits per heavy atom. The fourth-order valence-corrected chi connectivity index (χ4v) is 5.55. The van der Waals surface area contributed by atoms with Gasteiger partial charge in [0.1, 0.15) is 0 Å². The maximum Gasteiger partial charge on any atom is 0.313 e. The lowest BCUT2D eigenvalue weighted by Gasteiger charge is -2.30. The number of carboxylic acids is 1. The first-order chi connectivity index (χ1) is 9.15. The van der Waals surface area contributed by atoms with E-state index in [0.29, 0.717) is 10.5 Å². The second-order valence-corrected chi connectivity index (χ2v) is 8.10. The Hall–Kier alpha value is -0.130. The summed E-state index contributed by atoms with van der Waals surface area (Å²) in [6, 6.07) is 8.34. The molecule has 104 valence electrons. The minimum absolute atomic E-state index is 0.222. The van der Waals surface area contributed by atoms with Gasteiger partial charge in [0.25, 0.3) is 0 Å². The van der Waals surface area contributed by atoms with Crippen molar-refractivity contribution in [1.82, 2.24) is 0 Å². The van der Waals surface area contributed by atoms with Crippen LogP contribution in [-0.4, -0.2) is 27.3 Å². The topological polar surface area (TPSA) is 37.3 Å². The van der Waals surface area contributed by atoms with Gasteiger partial charge in [-0.2, -0.15) is 0 Å². The molecule has 0 aromatic heterocycles. The Kier molecular flexibility index (Phi) is 6.10. The van der Waals surface area contributed by atoms with Crippen molar-refractivity contribution in [1.29, 1.82) is 0 Å². The summed E-state index contributed by atoms with van der Waals surface area (Å²) in [7, 11) is 0. The highest BCUT2D eigenvalue weighted by Gasteiger charge is 2.26. The van der Waals surface area contributed by atoms with E-state index in [4.69, 9.17) is 5.11 Å². The molecule has 0 spiro atoms. The lowest BCUT2D eigenvalue weighted by molar-refractivity contribution is -0.133. The zero-order valence-corrected chi connectivity index (χ0v) is 13.8. The van der Waals surface area contributed by atoms with Gasteiger partial charge in [-0.15, -0.1) is 23.5 Å². The van der Waals surface area contributed by atoms with E-state index in [1.54, 1.807) is 11.8 Å². The molecule has 1 aromatic carbocycles. The first-order valence-corrected chi connectivity index (χ1v) is 9.13. The third-order valence-corrected chi connectivity index (χ3v) is 6.61. The van der Waals surface area contributed by atoms with Crippen LogP contribution in [0.5, 0.6) is 0 Å². The van der Waals surface area contributed by atoms with Crippen LogP contribution >= 0.6 is 39.5 Å². The number of carboxylic acid groups (broad SMARTS) is 1. The first-order valence-electron chi connectivity index (χ1n) is 6.41. The normalized spacial score (nSPS) is 23.2. The van der Waals surface area contributed by atoms with E-state index in [1.807, 2.05) is 17.8 Å². The molecule has 2 rings (SSSR count). The van der Waals surface area contributed by atoms with Gasteiger partial charge in [-0.05, 0) is 31.0 Å². The van der Waals surface area contributed by atoms with Gasteiger partial charge in [-0.1, -0.05) is 34.8 Å². The molecule has 2 atom stereocenters. The number of aliphatic carboxylic acids is 1. The molecule has 0 radical (unpaired) electrons. The van der Waals surface area contributed by atoms with Crippen molar-refractivity contribution in [2.45, 2.75) is 41.1 Å². The second kappa shape index (κ2) is 7.60. The van der Waals surface area contributed by atoms with E-state index in [1.165, 1.54) is 24.2 Å². The zero-order chi connectivity index (χ0) is 13.7. The van der Waals surface area contributed by atoms with Crippen molar-refractivity contribution < 1.29 is 9.90 Å². The number of hydrogen-bond donors (Lipinski definition) is 1. The molecule has 0 amide bonds. The van der Waals surface area contributed by atoms with E-state index < -0.39 is 5.97 Å². The fourth-order valence-electron chi connectivity index (χ4n) is 2.28. The summed E-state index contributed by atoms with van der Waals surface area (Å²) in [5.74, 6) is -0.484. The van der Waals surface area contributed by atoms with Crippen LogP contribution in [0, 0.1) is 0 Å². The quantitative estimate of drug-likeness (QED) is 0.827. The summed E-state index contributed by atoms with van der Waals surface area (Å²) < 4.78 is 1.10. The molecule has 19 heavy (non-hydrogen) atoms. The smallest absolute Gasteiger partial charge is 0.313 e. The summed E-state index contributed by atoms with van der Waals surface area (Å²) in [5.41, 5.74) is 0. The Balaban J connectivity index is 1.97. The molecule has 0 heterocycles. The van der Waals surface area contributed by atoms with Crippen LogP contribution in [0.3, 0.4) is 0 Å². The van der Waals surface area contributed by atoms with E-state index in [2.05, 4.69) is 34.1 Å². The van der Waals surface area contributed by atoms with Gasteiger partial charge in [-0.25, -0.2) is 0 Å². The summed E-state index contributed by atoms with van der Waals surface area (Å²) in [6.07, 6.45) is 4.82. The maximum absolute atomic E-state index is 10.7. The third kappa shape index (κ3) is 5.04. The van der Waals surface area contributed by atoms with Crippen LogP contribution in [0.2, 0.25) is 0 Å². The predicted octanol–water partition coefficient (Wildman–Crippen LogP) is 4.67. The fraction of sp³-hybridized carbons (Fsp3) is 0.500. The van der Waals surface area contributed by atoms with Crippen LogP contribution in [0.1, 0.15) is 25.7 Å². The van der Waals surface area contributed by atoms with Crippen LogP contribution in [-0.2, 0) is 4.79 Å². The number of halogens is 1. The number of hydrogen-bond acceptors (Lipinski definition) is 3. The molecular formula is C14H17BrO2S2. The Morgan fingerprint density at radius 2 is 2.05 bits per heavy atom. The number of rotatable bonds is 5. The molecule has 0 unspecified atom stereocenters. The van der Waals surface area contributed by atoms with Gasteiger partial charge >= 0.3 is 5.97 Å². The van der Waals surface area contributed by atoms with Crippen molar-refractivity contribution in [2.75, 3.05) is 5.75 Å². The number of thioether (sulfide) groups is 2. The van der Waals surface area contributed by atoms with Crippen LogP contribution in [0.25, 0.3) is 0 Å². The van der Waals surface area contributed by atoms with Gasteiger partial charge in [-0.3, -0.25) is 4.79 Å². The number of carbonyl (C=O) groups is 1. The van der Waals surface area contributed by atoms with Crippen molar-refractivity contribution in [3.63, 3.8) is 0 Å². The van der Waals surface area contributed by atoms with E-state index in [9.17, 15) is 4.79 Å². The second-order valence-electron chi connectivity index (χ2n) is 4.64. The van der Waals surface area contributed by atoms with Gasteiger partial charge in [0.2, 0.25) is 0 Å². The van der Waals surface area contributed by atoms with Crippen molar-refractivity contribution in [2.24, 2.45) is 0 Å². The molecule has 2 nitrogen and oxygen atoms in total. The van der Waals surface area contributed by atoms with Gasteiger partial charge in [0, 0.05) is 19.9 Å².